The van der Waals surface area contributed by atoms with Crippen LogP contribution in [-0.4, -0.2) is 13.2 Å². The van der Waals surface area contributed by atoms with E-state index in [2.05, 4.69) is 43.9 Å². The van der Waals surface area contributed by atoms with Gasteiger partial charge in [-0.05, 0) is 18.1 Å². The molecule has 0 aliphatic rings. The molecule has 0 radical (unpaired) electrons. The molecule has 0 saturated carbocycles. The maximum atomic E-state index is 10.8. The third-order valence-electron chi connectivity index (χ3n) is 3.65. The van der Waals surface area contributed by atoms with Crippen molar-refractivity contribution in [1.82, 2.24) is 0 Å². The molecule has 100 valence electrons. The van der Waals surface area contributed by atoms with Gasteiger partial charge in [-0.3, -0.25) is 0 Å². The zero-order valence-electron chi connectivity index (χ0n) is 12.1. The molecule has 19 heavy (non-hydrogen) atoms. The van der Waals surface area contributed by atoms with Gasteiger partial charge in [0.05, 0.1) is 8.07 Å². The summed E-state index contributed by atoms with van der Waals surface area (Å²) in [6.45, 7) is 8.85. The van der Waals surface area contributed by atoms with E-state index in [4.69, 9.17) is 0 Å². The molecule has 0 amide bonds. The van der Waals surface area contributed by atoms with Gasteiger partial charge in [0.15, 0.2) is 0 Å². The number of hydrogen-bond donors (Lipinski definition) is 1. The van der Waals surface area contributed by atoms with Crippen LogP contribution in [-0.2, 0) is 5.60 Å². The molecule has 2 aromatic carbocycles. The molecule has 0 bridgehead atoms. The van der Waals surface area contributed by atoms with Crippen LogP contribution in [0, 0.1) is 0 Å². The predicted molar refractivity (Wildman–Crippen MR) is 84.5 cm³/mol. The molecule has 2 heteroatoms. The summed E-state index contributed by atoms with van der Waals surface area (Å²) >= 11 is 0. The highest BCUT2D eigenvalue weighted by molar-refractivity contribution is 6.88. The van der Waals surface area contributed by atoms with Crippen molar-refractivity contribution < 1.29 is 5.11 Å². The molecule has 1 nitrogen and oxygen atoms in total. The Morgan fingerprint density at radius 1 is 0.789 bits per heavy atom. The van der Waals surface area contributed by atoms with E-state index in [0.29, 0.717) is 0 Å². The van der Waals surface area contributed by atoms with E-state index in [9.17, 15) is 5.11 Å². The lowest BCUT2D eigenvalue weighted by Crippen LogP contribution is -2.37. The highest BCUT2D eigenvalue weighted by atomic mass is 28.3. The van der Waals surface area contributed by atoms with E-state index in [-0.39, 0.29) is 0 Å². The normalized spacial score (nSPS) is 15.0. The molecule has 0 aliphatic heterocycles. The van der Waals surface area contributed by atoms with Gasteiger partial charge in [-0.15, -0.1) is 0 Å². The number of aliphatic hydroxyl groups is 1. The Morgan fingerprint density at radius 3 is 1.74 bits per heavy atom. The van der Waals surface area contributed by atoms with Crippen molar-refractivity contribution >= 4 is 13.3 Å². The Labute approximate surface area is 116 Å². The Balaban J connectivity index is 2.37. The van der Waals surface area contributed by atoms with E-state index in [1.807, 2.05) is 37.3 Å². The number of benzene rings is 2. The van der Waals surface area contributed by atoms with Crippen molar-refractivity contribution in [1.29, 1.82) is 0 Å². The molecular weight excluding hydrogens is 248 g/mol. The molecule has 0 spiro atoms. The third kappa shape index (κ3) is 2.96. The molecule has 0 aliphatic carbocycles. The first kappa shape index (κ1) is 14.0. The van der Waals surface area contributed by atoms with E-state index >= 15 is 0 Å². The molecule has 2 aromatic rings. The second kappa shape index (κ2) is 4.95. The van der Waals surface area contributed by atoms with Gasteiger partial charge in [-0.25, -0.2) is 0 Å². The molecular formula is C17H22OSi. The molecule has 1 N–H and O–H groups in total. The Kier molecular flexibility index (Phi) is 3.66. The summed E-state index contributed by atoms with van der Waals surface area (Å²) in [6.07, 6.45) is 0. The van der Waals surface area contributed by atoms with Gasteiger partial charge >= 0.3 is 0 Å². The summed E-state index contributed by atoms with van der Waals surface area (Å²) in [7, 11) is -1.28. The lowest BCUT2D eigenvalue weighted by atomic mass is 9.88. The Hall–Kier alpha value is -1.38. The minimum atomic E-state index is -1.28. The zero-order valence-corrected chi connectivity index (χ0v) is 13.1. The minimum absolute atomic E-state index is 0.927. The van der Waals surface area contributed by atoms with E-state index in [1.54, 1.807) is 0 Å². The van der Waals surface area contributed by atoms with Crippen LogP contribution in [0.1, 0.15) is 18.1 Å². The van der Waals surface area contributed by atoms with Crippen LogP contribution in [0.4, 0.5) is 0 Å². The van der Waals surface area contributed by atoms with Crippen molar-refractivity contribution in [2.24, 2.45) is 0 Å². The molecule has 1 atom stereocenters. The van der Waals surface area contributed by atoms with Crippen LogP contribution >= 0.6 is 0 Å². The van der Waals surface area contributed by atoms with Crippen molar-refractivity contribution in [2.75, 3.05) is 0 Å². The van der Waals surface area contributed by atoms with Crippen molar-refractivity contribution in [3.63, 3.8) is 0 Å². The van der Waals surface area contributed by atoms with E-state index < -0.39 is 13.7 Å². The molecule has 0 unspecified atom stereocenters. The minimum Gasteiger partial charge on any atom is -0.381 e. The summed E-state index contributed by atoms with van der Waals surface area (Å²) in [5.74, 6) is 0. The van der Waals surface area contributed by atoms with Gasteiger partial charge in [0.2, 0.25) is 0 Å². The first-order chi connectivity index (χ1) is 8.82. The van der Waals surface area contributed by atoms with Crippen LogP contribution in [0.5, 0.6) is 0 Å². The van der Waals surface area contributed by atoms with Crippen LogP contribution in [0.3, 0.4) is 0 Å². The number of hydrogen-bond acceptors (Lipinski definition) is 1. The quantitative estimate of drug-likeness (QED) is 0.847. The van der Waals surface area contributed by atoms with Crippen molar-refractivity contribution in [3.8, 4) is 0 Å². The Bertz CT molecular complexity index is 536. The summed E-state index contributed by atoms with van der Waals surface area (Å²) in [4.78, 5) is 0. The summed E-state index contributed by atoms with van der Waals surface area (Å²) < 4.78 is 0. The predicted octanol–water partition coefficient (Wildman–Crippen LogP) is 3.49. The second-order valence-corrected chi connectivity index (χ2v) is 11.3. The smallest absolute Gasteiger partial charge is 0.112 e. The third-order valence-corrected chi connectivity index (χ3v) is 5.71. The second-order valence-electron chi connectivity index (χ2n) is 6.27. The maximum Gasteiger partial charge on any atom is 0.112 e. The van der Waals surface area contributed by atoms with Crippen LogP contribution in [0.2, 0.25) is 19.6 Å². The monoisotopic (exact) mass is 270 g/mol. The average molecular weight is 270 g/mol. The molecule has 0 fully saturated rings. The lowest BCUT2D eigenvalue weighted by Gasteiger charge is -2.26. The lowest BCUT2D eigenvalue weighted by molar-refractivity contribution is 0.102. The average Bonchev–Trinajstić information content (AvgIpc) is 2.39. The zero-order chi connectivity index (χ0) is 14.1. The largest absolute Gasteiger partial charge is 0.381 e. The van der Waals surface area contributed by atoms with Crippen LogP contribution < -0.4 is 5.19 Å². The first-order valence-electron chi connectivity index (χ1n) is 6.71. The van der Waals surface area contributed by atoms with Crippen LogP contribution in [0.25, 0.3) is 0 Å². The summed E-state index contributed by atoms with van der Waals surface area (Å²) in [6, 6.07) is 18.3. The van der Waals surface area contributed by atoms with Gasteiger partial charge in [0, 0.05) is 0 Å². The van der Waals surface area contributed by atoms with Gasteiger partial charge < -0.3 is 5.11 Å². The van der Waals surface area contributed by atoms with E-state index in [0.717, 1.165) is 11.1 Å². The SMILES string of the molecule is C[C@@](O)(c1ccccc1)c1ccc([Si](C)(C)C)cc1. The van der Waals surface area contributed by atoms with Gasteiger partial charge in [0.1, 0.15) is 5.60 Å². The fourth-order valence-corrected chi connectivity index (χ4v) is 3.39. The fraction of sp³-hybridized carbons (Fsp3) is 0.294. The van der Waals surface area contributed by atoms with Crippen LogP contribution in [0.15, 0.2) is 54.6 Å². The van der Waals surface area contributed by atoms with Crippen molar-refractivity contribution in [3.05, 3.63) is 65.7 Å². The van der Waals surface area contributed by atoms with Gasteiger partial charge in [-0.1, -0.05) is 79.4 Å². The van der Waals surface area contributed by atoms with Gasteiger partial charge in [-0.2, -0.15) is 0 Å². The highest BCUT2D eigenvalue weighted by Gasteiger charge is 2.26. The van der Waals surface area contributed by atoms with Gasteiger partial charge in [0.25, 0.3) is 0 Å². The molecule has 0 heterocycles. The molecule has 0 aromatic heterocycles. The number of rotatable bonds is 3. The van der Waals surface area contributed by atoms with Crippen molar-refractivity contribution in [2.45, 2.75) is 32.2 Å². The molecule has 2 rings (SSSR count). The summed E-state index contributed by atoms with van der Waals surface area (Å²) in [5, 5.41) is 12.2. The standard InChI is InChI=1S/C17H22OSi/c1-17(18,14-8-6-5-7-9-14)15-10-12-16(13-11-15)19(2,3)4/h5-13,18H,1-4H3/t17-/m1/s1. The first-order valence-corrected chi connectivity index (χ1v) is 10.2. The summed E-state index contributed by atoms with van der Waals surface area (Å²) in [5.41, 5.74) is 0.940. The fourth-order valence-electron chi connectivity index (χ4n) is 2.22. The Morgan fingerprint density at radius 2 is 1.26 bits per heavy atom. The highest BCUT2D eigenvalue weighted by Crippen LogP contribution is 2.28. The van der Waals surface area contributed by atoms with E-state index in [1.165, 1.54) is 5.19 Å². The maximum absolute atomic E-state index is 10.8. The molecule has 0 saturated heterocycles. The topological polar surface area (TPSA) is 20.2 Å².